The van der Waals surface area contributed by atoms with Gasteiger partial charge >= 0.3 is 0 Å². The molecule has 1 aromatic rings. The molecule has 116 valence electrons. The molecule has 0 radical (unpaired) electrons. The van der Waals surface area contributed by atoms with E-state index in [1.807, 2.05) is 30.0 Å². The van der Waals surface area contributed by atoms with Gasteiger partial charge in [0.2, 0.25) is 0 Å². The first kappa shape index (κ1) is 16.5. The Labute approximate surface area is 136 Å². The van der Waals surface area contributed by atoms with Gasteiger partial charge in [-0.05, 0) is 73.3 Å². The molecule has 0 aliphatic carbocycles. The van der Waals surface area contributed by atoms with E-state index in [4.69, 9.17) is 0 Å². The molecule has 0 saturated carbocycles. The van der Waals surface area contributed by atoms with Gasteiger partial charge in [-0.2, -0.15) is 0 Å². The number of hydrogen-bond acceptors (Lipinski definition) is 2. The number of rotatable bonds is 5. The largest absolute Gasteiger partial charge is 0.338 e. The van der Waals surface area contributed by atoms with Crippen molar-refractivity contribution in [3.8, 4) is 0 Å². The molecule has 1 amide bonds. The van der Waals surface area contributed by atoms with Crippen LogP contribution in [0.5, 0.6) is 0 Å². The van der Waals surface area contributed by atoms with Gasteiger partial charge in [0.1, 0.15) is 0 Å². The summed E-state index contributed by atoms with van der Waals surface area (Å²) >= 11 is 3.52. The Bertz CT molecular complexity index is 484. The minimum Gasteiger partial charge on any atom is -0.338 e. The van der Waals surface area contributed by atoms with Crippen LogP contribution in [0, 0.1) is 12.8 Å². The molecule has 1 heterocycles. The number of nitrogens with one attached hydrogen (secondary N) is 1. The number of piperidine rings is 1. The van der Waals surface area contributed by atoms with E-state index in [2.05, 4.69) is 28.2 Å². The van der Waals surface area contributed by atoms with E-state index in [0.29, 0.717) is 5.92 Å². The topological polar surface area (TPSA) is 32.3 Å². The molecule has 2 rings (SSSR count). The average Bonchev–Trinajstić information content (AvgIpc) is 2.49. The summed E-state index contributed by atoms with van der Waals surface area (Å²) in [4.78, 5) is 14.9. The maximum absolute atomic E-state index is 12.9. The number of amides is 1. The number of nitrogens with zero attached hydrogens (tertiary/aromatic N) is 1. The Morgan fingerprint density at radius 3 is 2.76 bits per heavy atom. The Morgan fingerprint density at radius 1 is 1.38 bits per heavy atom. The second-order valence-corrected chi connectivity index (χ2v) is 6.78. The lowest BCUT2D eigenvalue weighted by Gasteiger charge is -2.30. The normalized spacial score (nSPS) is 16.0. The van der Waals surface area contributed by atoms with Crippen LogP contribution < -0.4 is 5.32 Å². The highest BCUT2D eigenvalue weighted by atomic mass is 79.9. The van der Waals surface area contributed by atoms with Crippen LogP contribution in [-0.4, -0.2) is 37.0 Å². The standard InChI is InChI=1S/C17H25BrN2O/c1-3-10-20(12-14-6-8-19-9-7-14)17(21)15-11-13(2)4-5-16(15)18/h4-5,11,14,19H,3,6-10,12H2,1-2H3. The number of carbonyl (C=O) groups is 1. The zero-order valence-electron chi connectivity index (χ0n) is 13.0. The molecule has 1 N–H and O–H groups in total. The summed E-state index contributed by atoms with van der Waals surface area (Å²) in [7, 11) is 0. The van der Waals surface area contributed by atoms with E-state index in [1.54, 1.807) is 0 Å². The van der Waals surface area contributed by atoms with Crippen LogP contribution in [0.1, 0.15) is 42.1 Å². The second-order valence-electron chi connectivity index (χ2n) is 5.93. The molecular formula is C17H25BrN2O. The highest BCUT2D eigenvalue weighted by Gasteiger charge is 2.22. The van der Waals surface area contributed by atoms with E-state index < -0.39 is 0 Å². The van der Waals surface area contributed by atoms with Crippen molar-refractivity contribution in [2.24, 2.45) is 5.92 Å². The Balaban J connectivity index is 2.12. The molecule has 4 heteroatoms. The molecule has 0 atom stereocenters. The summed E-state index contributed by atoms with van der Waals surface area (Å²) in [5, 5.41) is 3.39. The van der Waals surface area contributed by atoms with Gasteiger partial charge in [0.05, 0.1) is 5.56 Å². The van der Waals surface area contributed by atoms with Crippen LogP contribution in [0.4, 0.5) is 0 Å². The molecule has 1 aliphatic rings. The van der Waals surface area contributed by atoms with Crippen molar-refractivity contribution in [1.29, 1.82) is 0 Å². The van der Waals surface area contributed by atoms with Gasteiger partial charge in [0, 0.05) is 17.6 Å². The molecule has 1 fully saturated rings. The van der Waals surface area contributed by atoms with Crippen molar-refractivity contribution >= 4 is 21.8 Å². The van der Waals surface area contributed by atoms with Crippen molar-refractivity contribution in [2.45, 2.75) is 33.1 Å². The van der Waals surface area contributed by atoms with Gasteiger partial charge < -0.3 is 10.2 Å². The summed E-state index contributed by atoms with van der Waals surface area (Å²) < 4.78 is 0.893. The Hall–Kier alpha value is -0.870. The minimum atomic E-state index is 0.158. The fraction of sp³-hybridized carbons (Fsp3) is 0.588. The van der Waals surface area contributed by atoms with Crippen molar-refractivity contribution in [3.63, 3.8) is 0 Å². The second kappa shape index (κ2) is 7.95. The molecule has 1 saturated heterocycles. The van der Waals surface area contributed by atoms with Crippen molar-refractivity contribution in [2.75, 3.05) is 26.2 Å². The van der Waals surface area contributed by atoms with Crippen molar-refractivity contribution < 1.29 is 4.79 Å². The van der Waals surface area contributed by atoms with Crippen LogP contribution in [0.25, 0.3) is 0 Å². The molecule has 1 aliphatic heterocycles. The number of benzene rings is 1. The van der Waals surface area contributed by atoms with Crippen LogP contribution >= 0.6 is 15.9 Å². The molecule has 0 aromatic heterocycles. The van der Waals surface area contributed by atoms with Crippen LogP contribution in [0.2, 0.25) is 0 Å². The SMILES string of the molecule is CCCN(CC1CCNCC1)C(=O)c1cc(C)ccc1Br. The van der Waals surface area contributed by atoms with E-state index >= 15 is 0 Å². The zero-order chi connectivity index (χ0) is 15.2. The fourth-order valence-electron chi connectivity index (χ4n) is 2.89. The lowest BCUT2D eigenvalue weighted by molar-refractivity contribution is 0.0715. The average molecular weight is 353 g/mol. The highest BCUT2D eigenvalue weighted by Crippen LogP contribution is 2.22. The van der Waals surface area contributed by atoms with E-state index in [9.17, 15) is 4.79 Å². The number of carbonyl (C=O) groups excluding carboxylic acids is 1. The van der Waals surface area contributed by atoms with E-state index in [0.717, 1.165) is 48.2 Å². The van der Waals surface area contributed by atoms with Gasteiger partial charge in [-0.3, -0.25) is 4.79 Å². The summed E-state index contributed by atoms with van der Waals surface area (Å²) in [5.41, 5.74) is 1.91. The van der Waals surface area contributed by atoms with Crippen molar-refractivity contribution in [3.05, 3.63) is 33.8 Å². The third kappa shape index (κ3) is 4.55. The highest BCUT2D eigenvalue weighted by molar-refractivity contribution is 9.10. The third-order valence-electron chi connectivity index (χ3n) is 4.07. The number of hydrogen-bond donors (Lipinski definition) is 1. The maximum Gasteiger partial charge on any atom is 0.255 e. The third-order valence-corrected chi connectivity index (χ3v) is 4.76. The van der Waals surface area contributed by atoms with E-state index in [-0.39, 0.29) is 5.91 Å². The van der Waals surface area contributed by atoms with Gasteiger partial charge in [-0.1, -0.05) is 18.6 Å². The predicted molar refractivity (Wildman–Crippen MR) is 90.7 cm³/mol. The van der Waals surface area contributed by atoms with Crippen LogP contribution in [0.15, 0.2) is 22.7 Å². The smallest absolute Gasteiger partial charge is 0.255 e. The van der Waals surface area contributed by atoms with Crippen LogP contribution in [0.3, 0.4) is 0 Å². The minimum absolute atomic E-state index is 0.158. The first-order chi connectivity index (χ1) is 10.1. The summed E-state index contributed by atoms with van der Waals surface area (Å²) in [6.45, 7) is 8.03. The molecule has 3 nitrogen and oxygen atoms in total. The molecular weight excluding hydrogens is 328 g/mol. The van der Waals surface area contributed by atoms with Gasteiger partial charge in [-0.15, -0.1) is 0 Å². The summed E-state index contributed by atoms with van der Waals surface area (Å²) in [5.74, 6) is 0.788. The zero-order valence-corrected chi connectivity index (χ0v) is 14.6. The molecule has 21 heavy (non-hydrogen) atoms. The number of aryl methyl sites for hydroxylation is 1. The lowest BCUT2D eigenvalue weighted by atomic mass is 9.97. The Morgan fingerprint density at radius 2 is 2.10 bits per heavy atom. The molecule has 0 spiro atoms. The van der Waals surface area contributed by atoms with E-state index in [1.165, 1.54) is 12.8 Å². The fourth-order valence-corrected chi connectivity index (χ4v) is 3.31. The first-order valence-corrected chi connectivity index (χ1v) is 8.67. The maximum atomic E-state index is 12.9. The predicted octanol–water partition coefficient (Wildman–Crippen LogP) is 3.61. The molecule has 1 aromatic carbocycles. The van der Waals surface area contributed by atoms with Gasteiger partial charge in [0.15, 0.2) is 0 Å². The quantitative estimate of drug-likeness (QED) is 0.877. The summed E-state index contributed by atoms with van der Waals surface area (Å²) in [6, 6.07) is 5.98. The first-order valence-electron chi connectivity index (χ1n) is 7.88. The van der Waals surface area contributed by atoms with Gasteiger partial charge in [-0.25, -0.2) is 0 Å². The van der Waals surface area contributed by atoms with Gasteiger partial charge in [0.25, 0.3) is 5.91 Å². The van der Waals surface area contributed by atoms with Crippen molar-refractivity contribution in [1.82, 2.24) is 10.2 Å². The number of halogens is 1. The van der Waals surface area contributed by atoms with Crippen LogP contribution in [-0.2, 0) is 0 Å². The summed E-state index contributed by atoms with van der Waals surface area (Å²) in [6.07, 6.45) is 3.34. The monoisotopic (exact) mass is 352 g/mol. The Kier molecular flexibility index (Phi) is 6.24. The molecule has 0 bridgehead atoms. The molecule has 0 unspecified atom stereocenters. The lowest BCUT2D eigenvalue weighted by Crippen LogP contribution is -2.39.